The summed E-state index contributed by atoms with van der Waals surface area (Å²) in [4.78, 5) is 0. The van der Waals surface area contributed by atoms with Crippen LogP contribution in [0.5, 0.6) is 5.75 Å². The number of fused-ring (bicyclic) bond motifs is 1. The Morgan fingerprint density at radius 1 is 1.21 bits per heavy atom. The van der Waals surface area contributed by atoms with Gasteiger partial charge in [0.2, 0.25) is 0 Å². The molecule has 19 heavy (non-hydrogen) atoms. The predicted molar refractivity (Wildman–Crippen MR) is 73.9 cm³/mol. The molecule has 0 amide bonds. The maximum absolute atomic E-state index is 11.9. The standard InChI is InChI=1S/C14H19NO3S/c16-19(17)6-2-1-3-14(19)10-18-13-5-4-11-8-15-9-12(11)7-13/h4-5,7,14-15H,1-3,6,8-10H2. The van der Waals surface area contributed by atoms with Gasteiger partial charge < -0.3 is 10.1 Å². The molecule has 0 aliphatic carbocycles. The summed E-state index contributed by atoms with van der Waals surface area (Å²) in [5.74, 6) is 1.10. The lowest BCUT2D eigenvalue weighted by atomic mass is 10.1. The summed E-state index contributed by atoms with van der Waals surface area (Å²) < 4.78 is 29.5. The van der Waals surface area contributed by atoms with E-state index in [1.54, 1.807) is 0 Å². The smallest absolute Gasteiger partial charge is 0.156 e. The minimum atomic E-state index is -2.94. The highest BCUT2D eigenvalue weighted by Gasteiger charge is 2.29. The molecule has 0 saturated carbocycles. The molecular weight excluding hydrogens is 262 g/mol. The van der Waals surface area contributed by atoms with Gasteiger partial charge in [0, 0.05) is 13.1 Å². The van der Waals surface area contributed by atoms with Crippen molar-refractivity contribution in [3.63, 3.8) is 0 Å². The molecule has 1 saturated heterocycles. The second-order valence-electron chi connectivity index (χ2n) is 5.33. The summed E-state index contributed by atoms with van der Waals surface area (Å²) in [6.45, 7) is 2.06. The van der Waals surface area contributed by atoms with E-state index in [2.05, 4.69) is 11.4 Å². The highest BCUT2D eigenvalue weighted by atomic mass is 32.2. The second kappa shape index (κ2) is 5.13. The van der Waals surface area contributed by atoms with Crippen LogP contribution in [0, 0.1) is 0 Å². The van der Waals surface area contributed by atoms with Crippen molar-refractivity contribution in [2.75, 3.05) is 12.4 Å². The molecule has 1 N–H and O–H groups in total. The van der Waals surface area contributed by atoms with Gasteiger partial charge in [0.15, 0.2) is 9.84 Å². The molecule has 0 radical (unpaired) electrons. The van der Waals surface area contributed by atoms with Gasteiger partial charge in [-0.2, -0.15) is 0 Å². The van der Waals surface area contributed by atoms with Crippen LogP contribution in [0.3, 0.4) is 0 Å². The summed E-state index contributed by atoms with van der Waals surface area (Å²) in [6.07, 6.45) is 2.51. The molecule has 2 aliphatic rings. The van der Waals surface area contributed by atoms with Crippen molar-refractivity contribution in [1.82, 2.24) is 5.32 Å². The average molecular weight is 281 g/mol. The van der Waals surface area contributed by atoms with Crippen molar-refractivity contribution in [3.8, 4) is 5.75 Å². The SMILES string of the molecule is O=S1(=O)CCCCC1COc1ccc2c(c1)CNC2. The van der Waals surface area contributed by atoms with E-state index >= 15 is 0 Å². The van der Waals surface area contributed by atoms with Crippen LogP contribution in [0.2, 0.25) is 0 Å². The van der Waals surface area contributed by atoms with Crippen LogP contribution >= 0.6 is 0 Å². The molecule has 0 bridgehead atoms. The van der Waals surface area contributed by atoms with E-state index in [1.165, 1.54) is 11.1 Å². The minimum absolute atomic E-state index is 0.286. The molecule has 1 aromatic rings. The number of ether oxygens (including phenoxy) is 1. The van der Waals surface area contributed by atoms with Crippen molar-refractivity contribution in [3.05, 3.63) is 29.3 Å². The van der Waals surface area contributed by atoms with Gasteiger partial charge in [0.25, 0.3) is 0 Å². The Bertz CT molecular complexity index is 568. The Kier molecular flexibility index (Phi) is 3.50. The Balaban J connectivity index is 1.66. The number of nitrogens with one attached hydrogen (secondary N) is 1. The molecule has 1 atom stereocenters. The lowest BCUT2D eigenvalue weighted by Crippen LogP contribution is -2.33. The summed E-state index contributed by atoms with van der Waals surface area (Å²) in [5, 5.41) is 2.96. The van der Waals surface area contributed by atoms with Gasteiger partial charge in [-0.3, -0.25) is 0 Å². The fraction of sp³-hybridized carbons (Fsp3) is 0.571. The molecule has 1 unspecified atom stereocenters. The summed E-state index contributed by atoms with van der Waals surface area (Å²) in [6, 6.07) is 6.01. The first-order valence-electron chi connectivity index (χ1n) is 6.82. The Morgan fingerprint density at radius 3 is 2.89 bits per heavy atom. The van der Waals surface area contributed by atoms with Crippen LogP contribution in [-0.4, -0.2) is 26.0 Å². The van der Waals surface area contributed by atoms with E-state index in [1.807, 2.05) is 12.1 Å². The number of rotatable bonds is 3. The molecule has 3 rings (SSSR count). The van der Waals surface area contributed by atoms with Crippen molar-refractivity contribution >= 4 is 9.84 Å². The predicted octanol–water partition coefficient (Wildman–Crippen LogP) is 1.64. The molecule has 4 nitrogen and oxygen atoms in total. The van der Waals surface area contributed by atoms with Gasteiger partial charge in [-0.05, 0) is 36.1 Å². The highest BCUT2D eigenvalue weighted by molar-refractivity contribution is 7.92. The van der Waals surface area contributed by atoms with Crippen molar-refractivity contribution < 1.29 is 13.2 Å². The molecule has 5 heteroatoms. The second-order valence-corrected chi connectivity index (χ2v) is 7.73. The van der Waals surface area contributed by atoms with E-state index in [4.69, 9.17) is 4.74 Å². The van der Waals surface area contributed by atoms with Crippen LogP contribution in [-0.2, 0) is 22.9 Å². The van der Waals surface area contributed by atoms with Crippen LogP contribution < -0.4 is 10.1 Å². The Morgan fingerprint density at radius 2 is 2.05 bits per heavy atom. The van der Waals surface area contributed by atoms with Gasteiger partial charge in [-0.1, -0.05) is 12.5 Å². The molecule has 104 valence electrons. The third-order valence-corrected chi connectivity index (χ3v) is 6.20. The van der Waals surface area contributed by atoms with Gasteiger partial charge in [-0.25, -0.2) is 8.42 Å². The third kappa shape index (κ3) is 2.77. The number of hydrogen-bond donors (Lipinski definition) is 1. The number of sulfone groups is 1. The van der Waals surface area contributed by atoms with E-state index in [0.29, 0.717) is 5.75 Å². The molecular formula is C14H19NO3S. The van der Waals surface area contributed by atoms with Crippen molar-refractivity contribution in [2.45, 2.75) is 37.6 Å². The van der Waals surface area contributed by atoms with Crippen molar-refractivity contribution in [2.24, 2.45) is 0 Å². The molecule has 1 aromatic carbocycles. The number of hydrogen-bond acceptors (Lipinski definition) is 4. The zero-order chi connectivity index (χ0) is 13.3. The monoisotopic (exact) mass is 281 g/mol. The molecule has 2 heterocycles. The van der Waals surface area contributed by atoms with Gasteiger partial charge in [0.05, 0.1) is 11.0 Å². The van der Waals surface area contributed by atoms with Gasteiger partial charge in [-0.15, -0.1) is 0 Å². The summed E-state index contributed by atoms with van der Waals surface area (Å²) in [7, 11) is -2.94. The van der Waals surface area contributed by atoms with Crippen molar-refractivity contribution in [1.29, 1.82) is 0 Å². The van der Waals surface area contributed by atoms with E-state index in [9.17, 15) is 8.42 Å². The first-order valence-corrected chi connectivity index (χ1v) is 8.53. The lowest BCUT2D eigenvalue weighted by Gasteiger charge is -2.22. The zero-order valence-corrected chi connectivity index (χ0v) is 11.7. The highest BCUT2D eigenvalue weighted by Crippen LogP contribution is 2.24. The largest absolute Gasteiger partial charge is 0.492 e. The quantitative estimate of drug-likeness (QED) is 0.915. The summed E-state index contributed by atoms with van der Waals surface area (Å²) in [5.41, 5.74) is 2.56. The maximum atomic E-state index is 11.9. The van der Waals surface area contributed by atoms with Crippen LogP contribution in [0.15, 0.2) is 18.2 Å². The molecule has 1 fully saturated rings. The van der Waals surface area contributed by atoms with Crippen LogP contribution in [0.1, 0.15) is 30.4 Å². The van der Waals surface area contributed by atoms with Gasteiger partial charge in [0.1, 0.15) is 12.4 Å². The van der Waals surface area contributed by atoms with E-state index in [-0.39, 0.29) is 11.9 Å². The molecule has 2 aliphatic heterocycles. The average Bonchev–Trinajstić information content (AvgIpc) is 2.84. The first-order chi connectivity index (χ1) is 9.15. The Hall–Kier alpha value is -1.07. The number of benzene rings is 1. The minimum Gasteiger partial charge on any atom is -0.492 e. The van der Waals surface area contributed by atoms with E-state index < -0.39 is 9.84 Å². The summed E-state index contributed by atoms with van der Waals surface area (Å²) >= 11 is 0. The lowest BCUT2D eigenvalue weighted by molar-refractivity contribution is 0.302. The molecule has 0 spiro atoms. The first kappa shape index (κ1) is 12.9. The third-order valence-electron chi connectivity index (χ3n) is 3.96. The maximum Gasteiger partial charge on any atom is 0.156 e. The fourth-order valence-electron chi connectivity index (χ4n) is 2.76. The Labute approximate surface area is 114 Å². The normalized spacial score (nSPS) is 24.9. The van der Waals surface area contributed by atoms with E-state index in [0.717, 1.165) is 38.1 Å². The topological polar surface area (TPSA) is 55.4 Å². The van der Waals surface area contributed by atoms with Crippen LogP contribution in [0.25, 0.3) is 0 Å². The van der Waals surface area contributed by atoms with Gasteiger partial charge >= 0.3 is 0 Å². The zero-order valence-electron chi connectivity index (χ0n) is 10.9. The van der Waals surface area contributed by atoms with Crippen LogP contribution in [0.4, 0.5) is 0 Å². The molecule has 0 aromatic heterocycles. The fourth-order valence-corrected chi connectivity index (χ4v) is 4.50.